The molecule has 1 N–H and O–H groups in total. The summed E-state index contributed by atoms with van der Waals surface area (Å²) in [4.78, 5) is 14.0. The number of sulfonamides is 1. The highest BCUT2D eigenvalue weighted by molar-refractivity contribution is 7.88. The molecule has 0 unspecified atom stereocenters. The van der Waals surface area contributed by atoms with E-state index in [0.29, 0.717) is 31.3 Å². The molecule has 24 heavy (non-hydrogen) atoms. The van der Waals surface area contributed by atoms with Crippen LogP contribution in [0.4, 0.5) is 5.13 Å². The lowest BCUT2D eigenvalue weighted by molar-refractivity contribution is -0.117. The summed E-state index contributed by atoms with van der Waals surface area (Å²) in [6.07, 6.45) is 3.16. The number of aromatic nitrogens is 2. The standard InChI is InChI=1S/C13H21N5O4S2/c1-24(20,21)18-6-4-17(5-7-18)9-11(19)14-13-16-15-12(23-13)10-3-2-8-22-10/h10H,2-9H2,1H3,(H,14,16,19)/t10-/m1/s1. The Bertz CT molecular complexity index is 678. The zero-order valence-corrected chi connectivity index (χ0v) is 15.1. The summed E-state index contributed by atoms with van der Waals surface area (Å²) in [5.74, 6) is -0.169. The fraction of sp³-hybridized carbons (Fsp3) is 0.769. The van der Waals surface area contributed by atoms with Crippen LogP contribution in [-0.2, 0) is 19.6 Å². The quantitative estimate of drug-likeness (QED) is 0.766. The minimum Gasteiger partial charge on any atom is -0.371 e. The summed E-state index contributed by atoms with van der Waals surface area (Å²) in [7, 11) is -3.15. The number of hydrogen-bond donors (Lipinski definition) is 1. The highest BCUT2D eigenvalue weighted by atomic mass is 32.2. The zero-order chi connectivity index (χ0) is 17.2. The van der Waals surface area contributed by atoms with Gasteiger partial charge in [0, 0.05) is 32.8 Å². The third-order valence-electron chi connectivity index (χ3n) is 4.06. The second kappa shape index (κ2) is 7.40. The van der Waals surface area contributed by atoms with Gasteiger partial charge in [0.1, 0.15) is 11.1 Å². The summed E-state index contributed by atoms with van der Waals surface area (Å²) in [6.45, 7) is 2.86. The summed E-state index contributed by atoms with van der Waals surface area (Å²) in [5, 5.41) is 12.1. The molecule has 11 heteroatoms. The average Bonchev–Trinajstić information content (AvgIpc) is 3.17. The highest BCUT2D eigenvalue weighted by Crippen LogP contribution is 2.31. The van der Waals surface area contributed by atoms with Crippen molar-refractivity contribution in [2.75, 3.05) is 50.9 Å². The highest BCUT2D eigenvalue weighted by Gasteiger charge is 2.25. The summed E-state index contributed by atoms with van der Waals surface area (Å²) < 4.78 is 29.9. The SMILES string of the molecule is CS(=O)(=O)N1CCN(CC(=O)Nc2nnc([C@H]3CCCO3)s2)CC1. The molecule has 1 aromatic rings. The van der Waals surface area contributed by atoms with Crippen LogP contribution in [0, 0.1) is 0 Å². The lowest BCUT2D eigenvalue weighted by Crippen LogP contribution is -2.50. The van der Waals surface area contributed by atoms with E-state index in [9.17, 15) is 13.2 Å². The number of nitrogens with one attached hydrogen (secondary N) is 1. The summed E-state index contributed by atoms with van der Waals surface area (Å²) in [6, 6.07) is 0. The molecule has 0 aliphatic carbocycles. The van der Waals surface area contributed by atoms with Gasteiger partial charge in [-0.2, -0.15) is 4.31 Å². The number of nitrogens with zero attached hydrogens (tertiary/aromatic N) is 4. The van der Waals surface area contributed by atoms with Gasteiger partial charge in [0.2, 0.25) is 21.1 Å². The Morgan fingerprint density at radius 3 is 2.71 bits per heavy atom. The van der Waals surface area contributed by atoms with Crippen molar-refractivity contribution in [2.45, 2.75) is 18.9 Å². The normalized spacial score (nSPS) is 23.5. The molecule has 2 saturated heterocycles. The fourth-order valence-electron chi connectivity index (χ4n) is 2.77. The molecule has 0 radical (unpaired) electrons. The topological polar surface area (TPSA) is 105 Å². The van der Waals surface area contributed by atoms with E-state index in [1.54, 1.807) is 0 Å². The van der Waals surface area contributed by atoms with E-state index in [0.717, 1.165) is 24.5 Å². The molecule has 1 atom stereocenters. The van der Waals surface area contributed by atoms with Gasteiger partial charge in [0.05, 0.1) is 12.8 Å². The van der Waals surface area contributed by atoms with Gasteiger partial charge >= 0.3 is 0 Å². The zero-order valence-electron chi connectivity index (χ0n) is 13.5. The average molecular weight is 375 g/mol. The van der Waals surface area contributed by atoms with Crippen LogP contribution in [0.25, 0.3) is 0 Å². The van der Waals surface area contributed by atoms with Gasteiger partial charge in [0.15, 0.2) is 0 Å². The van der Waals surface area contributed by atoms with Gasteiger partial charge in [-0.3, -0.25) is 15.0 Å². The van der Waals surface area contributed by atoms with Crippen LogP contribution in [0.5, 0.6) is 0 Å². The maximum atomic E-state index is 12.1. The first-order valence-corrected chi connectivity index (χ1v) is 10.5. The van der Waals surface area contributed by atoms with Crippen LogP contribution in [0.2, 0.25) is 0 Å². The van der Waals surface area contributed by atoms with E-state index in [2.05, 4.69) is 15.5 Å². The number of carbonyl (C=O) groups is 1. The molecule has 9 nitrogen and oxygen atoms in total. The molecule has 2 aliphatic heterocycles. The van der Waals surface area contributed by atoms with E-state index < -0.39 is 10.0 Å². The van der Waals surface area contributed by atoms with Crippen molar-refractivity contribution in [3.63, 3.8) is 0 Å². The lowest BCUT2D eigenvalue weighted by Gasteiger charge is -2.32. The Morgan fingerprint density at radius 1 is 1.33 bits per heavy atom. The van der Waals surface area contributed by atoms with Gasteiger partial charge in [-0.1, -0.05) is 11.3 Å². The molecule has 0 spiro atoms. The molecule has 0 bridgehead atoms. The number of rotatable bonds is 5. The molecule has 3 heterocycles. The fourth-order valence-corrected chi connectivity index (χ4v) is 4.44. The number of carbonyl (C=O) groups excluding carboxylic acids is 1. The first-order valence-electron chi connectivity index (χ1n) is 7.84. The van der Waals surface area contributed by atoms with Gasteiger partial charge in [-0.15, -0.1) is 10.2 Å². The summed E-state index contributed by atoms with van der Waals surface area (Å²) in [5.41, 5.74) is 0. The monoisotopic (exact) mass is 375 g/mol. The Labute approximate surface area is 145 Å². The van der Waals surface area contributed by atoms with Crippen molar-refractivity contribution in [3.8, 4) is 0 Å². The number of amides is 1. The van der Waals surface area contributed by atoms with Crippen molar-refractivity contribution in [2.24, 2.45) is 0 Å². The van der Waals surface area contributed by atoms with E-state index in [-0.39, 0.29) is 18.6 Å². The number of piperazine rings is 1. The van der Waals surface area contributed by atoms with Crippen LogP contribution in [0.3, 0.4) is 0 Å². The molecule has 2 aliphatic rings. The first-order chi connectivity index (χ1) is 11.4. The molecule has 134 valence electrons. The second-order valence-corrected chi connectivity index (χ2v) is 8.93. The van der Waals surface area contributed by atoms with Crippen molar-refractivity contribution in [1.82, 2.24) is 19.4 Å². The maximum Gasteiger partial charge on any atom is 0.240 e. The Balaban J connectivity index is 1.46. The largest absolute Gasteiger partial charge is 0.371 e. The third-order valence-corrected chi connectivity index (χ3v) is 6.29. The van der Waals surface area contributed by atoms with Gasteiger partial charge in [-0.05, 0) is 12.8 Å². The van der Waals surface area contributed by atoms with Crippen LogP contribution >= 0.6 is 11.3 Å². The van der Waals surface area contributed by atoms with Crippen LogP contribution in [0.15, 0.2) is 0 Å². The van der Waals surface area contributed by atoms with Crippen LogP contribution in [0.1, 0.15) is 24.0 Å². The van der Waals surface area contributed by atoms with Crippen molar-refractivity contribution < 1.29 is 17.9 Å². The first kappa shape index (κ1) is 17.7. The van der Waals surface area contributed by atoms with Gasteiger partial charge < -0.3 is 4.74 Å². The Morgan fingerprint density at radius 2 is 2.08 bits per heavy atom. The molecule has 1 amide bonds. The van der Waals surface area contributed by atoms with Crippen molar-refractivity contribution in [3.05, 3.63) is 5.01 Å². The molecule has 3 rings (SSSR count). The molecule has 2 fully saturated rings. The Kier molecular flexibility index (Phi) is 5.45. The maximum absolute atomic E-state index is 12.1. The van der Waals surface area contributed by atoms with Crippen LogP contribution < -0.4 is 5.32 Å². The van der Waals surface area contributed by atoms with Gasteiger partial charge in [0.25, 0.3) is 0 Å². The van der Waals surface area contributed by atoms with Crippen LogP contribution in [-0.4, -0.2) is 79.3 Å². The van der Waals surface area contributed by atoms with E-state index in [1.807, 2.05) is 4.90 Å². The number of ether oxygens (including phenoxy) is 1. The molecular weight excluding hydrogens is 354 g/mol. The molecule has 0 saturated carbocycles. The summed E-state index contributed by atoms with van der Waals surface area (Å²) >= 11 is 1.34. The smallest absolute Gasteiger partial charge is 0.240 e. The number of hydrogen-bond acceptors (Lipinski definition) is 8. The third kappa shape index (κ3) is 4.48. The minimum absolute atomic E-state index is 0.00257. The van der Waals surface area contributed by atoms with E-state index in [4.69, 9.17) is 4.74 Å². The van der Waals surface area contributed by atoms with E-state index >= 15 is 0 Å². The van der Waals surface area contributed by atoms with Crippen molar-refractivity contribution in [1.29, 1.82) is 0 Å². The lowest BCUT2D eigenvalue weighted by atomic mass is 10.2. The predicted molar refractivity (Wildman–Crippen MR) is 89.3 cm³/mol. The van der Waals surface area contributed by atoms with Gasteiger partial charge in [-0.25, -0.2) is 8.42 Å². The molecule has 1 aromatic heterocycles. The number of anilines is 1. The second-order valence-electron chi connectivity index (χ2n) is 5.93. The Hall–Kier alpha value is -1.14. The predicted octanol–water partition coefficient (Wildman–Crippen LogP) is -0.0947. The molecular formula is C13H21N5O4S2. The minimum atomic E-state index is -3.15. The molecule has 0 aromatic carbocycles. The van der Waals surface area contributed by atoms with Crippen molar-refractivity contribution >= 4 is 32.4 Å². The van der Waals surface area contributed by atoms with E-state index in [1.165, 1.54) is 21.9 Å².